The van der Waals surface area contributed by atoms with Gasteiger partial charge in [0.2, 0.25) is 15.9 Å². The minimum absolute atomic E-state index is 0.00884. The molecule has 1 aliphatic heterocycles. The molecule has 0 bridgehead atoms. The summed E-state index contributed by atoms with van der Waals surface area (Å²) in [5.41, 5.74) is 2.80. The SMILES string of the molecule is NS(=O)(=O)c1ccc(-c2oc(C(O)Cc3cccc(SC4(O)CCOCC4)c3)nc2-c2ccccc2)cc1. The highest BCUT2D eigenvalue weighted by Crippen LogP contribution is 2.39. The first kappa shape index (κ1) is 26.6. The van der Waals surface area contributed by atoms with E-state index in [1.807, 2.05) is 54.6 Å². The normalized spacial score (nSPS) is 16.3. The summed E-state index contributed by atoms with van der Waals surface area (Å²) in [5.74, 6) is 0.563. The summed E-state index contributed by atoms with van der Waals surface area (Å²) in [5, 5.41) is 27.2. The number of aliphatic hydroxyl groups is 2. The van der Waals surface area contributed by atoms with Crippen LogP contribution >= 0.6 is 11.8 Å². The molecule has 0 amide bonds. The summed E-state index contributed by atoms with van der Waals surface area (Å²) >= 11 is 1.41. The first-order valence-corrected chi connectivity index (χ1v) is 14.5. The molecular weight excluding hydrogens is 524 g/mol. The summed E-state index contributed by atoms with van der Waals surface area (Å²) in [4.78, 5) is 4.67. The lowest BCUT2D eigenvalue weighted by Gasteiger charge is -2.31. The third kappa shape index (κ3) is 6.17. The number of nitrogens with zero attached hydrogens (tertiary/aromatic N) is 1. The van der Waals surface area contributed by atoms with E-state index >= 15 is 0 Å². The Morgan fingerprint density at radius 1 is 0.974 bits per heavy atom. The topological polar surface area (TPSA) is 136 Å². The molecule has 38 heavy (non-hydrogen) atoms. The van der Waals surface area contributed by atoms with Crippen LogP contribution in [0.1, 0.15) is 30.4 Å². The van der Waals surface area contributed by atoms with E-state index in [0.29, 0.717) is 43.1 Å². The number of sulfonamides is 1. The van der Waals surface area contributed by atoms with Crippen molar-refractivity contribution in [3.63, 3.8) is 0 Å². The van der Waals surface area contributed by atoms with Crippen LogP contribution in [0.15, 0.2) is 93.1 Å². The monoisotopic (exact) mass is 552 g/mol. The van der Waals surface area contributed by atoms with Gasteiger partial charge in [-0.3, -0.25) is 0 Å². The van der Waals surface area contributed by atoms with Crippen molar-refractivity contribution < 1.29 is 27.8 Å². The van der Waals surface area contributed by atoms with Gasteiger partial charge in [0, 0.05) is 35.3 Å². The predicted octanol–water partition coefficient (Wildman–Crippen LogP) is 4.52. The third-order valence-corrected chi connectivity index (χ3v) is 8.54. The lowest BCUT2D eigenvalue weighted by molar-refractivity contribution is -0.00598. The van der Waals surface area contributed by atoms with Crippen molar-refractivity contribution in [3.8, 4) is 22.6 Å². The van der Waals surface area contributed by atoms with Crippen molar-refractivity contribution in [1.82, 2.24) is 4.98 Å². The summed E-state index contributed by atoms with van der Waals surface area (Å²) in [6.45, 7) is 1.06. The average molecular weight is 553 g/mol. The fourth-order valence-electron chi connectivity index (χ4n) is 4.32. The van der Waals surface area contributed by atoms with Gasteiger partial charge in [-0.2, -0.15) is 0 Å². The molecule has 1 aliphatic rings. The molecule has 0 aliphatic carbocycles. The summed E-state index contributed by atoms with van der Waals surface area (Å²) in [6, 6.07) is 23.2. The number of oxazole rings is 1. The lowest BCUT2D eigenvalue weighted by atomic mass is 10.1. The fourth-order valence-corrected chi connectivity index (χ4v) is 6.00. The quantitative estimate of drug-likeness (QED) is 0.272. The molecular formula is C28H28N2O6S2. The van der Waals surface area contributed by atoms with Gasteiger partial charge in [0.15, 0.2) is 5.76 Å². The number of aliphatic hydroxyl groups excluding tert-OH is 1. The molecule has 5 rings (SSSR count). The number of benzene rings is 3. The zero-order valence-corrected chi connectivity index (χ0v) is 22.1. The maximum absolute atomic E-state index is 11.7. The maximum Gasteiger partial charge on any atom is 0.238 e. The van der Waals surface area contributed by atoms with Crippen molar-refractivity contribution in [2.75, 3.05) is 13.2 Å². The number of rotatable bonds is 8. The molecule has 1 saturated heterocycles. The van der Waals surface area contributed by atoms with Crippen molar-refractivity contribution in [3.05, 3.63) is 90.3 Å². The third-order valence-electron chi connectivity index (χ3n) is 6.33. The van der Waals surface area contributed by atoms with Gasteiger partial charge in [0.25, 0.3) is 0 Å². The van der Waals surface area contributed by atoms with E-state index in [2.05, 4.69) is 4.98 Å². The molecule has 4 aromatic rings. The van der Waals surface area contributed by atoms with E-state index in [4.69, 9.17) is 14.3 Å². The van der Waals surface area contributed by atoms with Crippen molar-refractivity contribution in [2.24, 2.45) is 5.14 Å². The number of hydrogen-bond acceptors (Lipinski definition) is 8. The van der Waals surface area contributed by atoms with Crippen LogP contribution in [-0.2, 0) is 21.2 Å². The van der Waals surface area contributed by atoms with Gasteiger partial charge in [-0.1, -0.05) is 54.2 Å². The average Bonchev–Trinajstić information content (AvgIpc) is 3.35. The van der Waals surface area contributed by atoms with Crippen LogP contribution in [0.25, 0.3) is 22.6 Å². The van der Waals surface area contributed by atoms with E-state index in [0.717, 1.165) is 16.0 Å². The van der Waals surface area contributed by atoms with Crippen LogP contribution in [0.5, 0.6) is 0 Å². The highest BCUT2D eigenvalue weighted by molar-refractivity contribution is 8.00. The molecule has 1 fully saturated rings. The minimum Gasteiger partial charge on any atom is -0.437 e. The number of ether oxygens (including phenoxy) is 1. The molecule has 0 saturated carbocycles. The molecule has 10 heteroatoms. The number of hydrogen-bond donors (Lipinski definition) is 3. The van der Waals surface area contributed by atoms with Gasteiger partial charge >= 0.3 is 0 Å². The Kier molecular flexibility index (Phi) is 7.71. The Balaban J connectivity index is 1.42. The van der Waals surface area contributed by atoms with Gasteiger partial charge in [0.05, 0.1) is 18.1 Å². The molecule has 3 aromatic carbocycles. The van der Waals surface area contributed by atoms with E-state index < -0.39 is 21.1 Å². The van der Waals surface area contributed by atoms with Gasteiger partial charge in [-0.15, -0.1) is 0 Å². The second-order valence-electron chi connectivity index (χ2n) is 9.19. The molecule has 1 atom stereocenters. The zero-order valence-electron chi connectivity index (χ0n) is 20.5. The Labute approximate surface area is 225 Å². The van der Waals surface area contributed by atoms with Crippen molar-refractivity contribution in [2.45, 2.75) is 40.1 Å². The van der Waals surface area contributed by atoms with E-state index in [-0.39, 0.29) is 17.2 Å². The molecule has 1 unspecified atom stereocenters. The maximum atomic E-state index is 11.7. The first-order valence-electron chi connectivity index (χ1n) is 12.2. The predicted molar refractivity (Wildman–Crippen MR) is 145 cm³/mol. The molecule has 1 aromatic heterocycles. The first-order chi connectivity index (χ1) is 18.2. The second-order valence-corrected chi connectivity index (χ2v) is 12.2. The molecule has 0 radical (unpaired) electrons. The van der Waals surface area contributed by atoms with Crippen molar-refractivity contribution >= 4 is 21.8 Å². The Morgan fingerprint density at radius 3 is 2.37 bits per heavy atom. The standard InChI is InChI=1S/C28H28N2O6S2/c29-38(33,34)23-11-9-21(10-12-23)26-25(20-6-2-1-3-7-20)30-27(36-26)24(31)18-19-5-4-8-22(17-19)37-28(32)13-15-35-16-14-28/h1-12,17,24,31-32H,13-16,18H2,(H2,29,33,34). The van der Waals surface area contributed by atoms with Crippen LogP contribution in [0.2, 0.25) is 0 Å². The van der Waals surface area contributed by atoms with Gasteiger partial charge < -0.3 is 19.4 Å². The molecule has 4 N–H and O–H groups in total. The van der Waals surface area contributed by atoms with Crippen LogP contribution in [-0.4, -0.2) is 41.8 Å². The van der Waals surface area contributed by atoms with E-state index in [9.17, 15) is 18.6 Å². The van der Waals surface area contributed by atoms with E-state index in [1.165, 1.54) is 23.9 Å². The molecule has 8 nitrogen and oxygen atoms in total. The van der Waals surface area contributed by atoms with Crippen LogP contribution in [0.4, 0.5) is 0 Å². The molecule has 0 spiro atoms. The molecule has 198 valence electrons. The number of nitrogens with two attached hydrogens (primary N) is 1. The Bertz CT molecular complexity index is 1500. The number of aromatic nitrogens is 1. The largest absolute Gasteiger partial charge is 0.437 e. The Morgan fingerprint density at radius 2 is 1.68 bits per heavy atom. The van der Waals surface area contributed by atoms with Gasteiger partial charge in [0.1, 0.15) is 16.7 Å². The fraction of sp³-hybridized carbons (Fsp3) is 0.250. The van der Waals surface area contributed by atoms with Crippen molar-refractivity contribution in [1.29, 1.82) is 0 Å². The van der Waals surface area contributed by atoms with Crippen LogP contribution in [0.3, 0.4) is 0 Å². The molecule has 2 heterocycles. The lowest BCUT2D eigenvalue weighted by Crippen LogP contribution is -2.32. The van der Waals surface area contributed by atoms with E-state index in [1.54, 1.807) is 12.1 Å². The number of thioether (sulfide) groups is 1. The van der Waals surface area contributed by atoms with Gasteiger partial charge in [-0.05, 0) is 42.0 Å². The van der Waals surface area contributed by atoms with Crippen LogP contribution < -0.4 is 5.14 Å². The highest BCUT2D eigenvalue weighted by Gasteiger charge is 2.31. The summed E-state index contributed by atoms with van der Waals surface area (Å²) in [6.07, 6.45) is 0.351. The summed E-state index contributed by atoms with van der Waals surface area (Å²) in [7, 11) is -3.83. The van der Waals surface area contributed by atoms with Gasteiger partial charge in [-0.25, -0.2) is 18.5 Å². The smallest absolute Gasteiger partial charge is 0.238 e. The minimum atomic E-state index is -3.83. The highest BCUT2D eigenvalue weighted by atomic mass is 32.2. The zero-order chi connectivity index (χ0) is 26.8. The summed E-state index contributed by atoms with van der Waals surface area (Å²) < 4.78 is 34.8. The second kappa shape index (κ2) is 11.0. The Hall–Kier alpha value is -2.99. The van der Waals surface area contributed by atoms with Crippen LogP contribution in [0, 0.1) is 0 Å². The number of primary sulfonamides is 1.